The summed E-state index contributed by atoms with van der Waals surface area (Å²) in [5.74, 6) is 0. The lowest BCUT2D eigenvalue weighted by Gasteiger charge is -2.10. The summed E-state index contributed by atoms with van der Waals surface area (Å²) in [5.41, 5.74) is 5.69. The molecular weight excluding hydrogens is 124 g/mol. The molecule has 1 atom stereocenters. The summed E-state index contributed by atoms with van der Waals surface area (Å²) < 4.78 is 0. The van der Waals surface area contributed by atoms with Gasteiger partial charge in [-0.25, -0.2) is 0 Å². The zero-order chi connectivity index (χ0) is 7.82. The quantitative estimate of drug-likeness (QED) is 0.432. The smallest absolute Gasteiger partial charge is 0.0548 e. The fraction of sp³-hybridized carbons (Fsp3) is 0.750. The van der Waals surface area contributed by atoms with Gasteiger partial charge < -0.3 is 5.73 Å². The van der Waals surface area contributed by atoms with Crippen LogP contribution in [-0.4, -0.2) is 12.7 Å². The van der Waals surface area contributed by atoms with Gasteiger partial charge in [-0.1, -0.05) is 25.8 Å². The van der Waals surface area contributed by atoms with E-state index in [1.807, 2.05) is 6.08 Å². The van der Waals surface area contributed by atoms with Gasteiger partial charge in [-0.2, -0.15) is 0 Å². The molecule has 0 bridgehead atoms. The molecule has 0 aliphatic carbocycles. The minimum Gasteiger partial charge on any atom is -0.316 e. The van der Waals surface area contributed by atoms with Crippen LogP contribution in [0.2, 0.25) is 0 Å². The van der Waals surface area contributed by atoms with Crippen LogP contribution in [0.4, 0.5) is 0 Å². The van der Waals surface area contributed by atoms with Crippen molar-refractivity contribution in [2.75, 3.05) is 6.54 Å². The molecule has 0 amide bonds. The van der Waals surface area contributed by atoms with Crippen molar-refractivity contribution in [1.29, 1.82) is 0 Å². The molecule has 0 fully saturated rings. The molecule has 1 unspecified atom stereocenters. The van der Waals surface area contributed by atoms with Crippen LogP contribution in [0, 0.1) is 0 Å². The Morgan fingerprint density at radius 3 is 2.90 bits per heavy atom. The first-order valence-corrected chi connectivity index (χ1v) is 3.91. The van der Waals surface area contributed by atoms with Gasteiger partial charge in [0.1, 0.15) is 0 Å². The largest absolute Gasteiger partial charge is 0.316 e. The standard InChI is InChI=1S/C8H18N2/c1-3-5-6-8(9)10-7-4-2/h4,8,10H,2-3,5-7,9H2,1H3. The molecule has 0 radical (unpaired) electrons. The lowest BCUT2D eigenvalue weighted by atomic mass is 10.2. The number of nitrogens with two attached hydrogens (primary N) is 1. The topological polar surface area (TPSA) is 38.0 Å². The molecule has 0 rings (SSSR count). The molecule has 0 spiro atoms. The van der Waals surface area contributed by atoms with Gasteiger partial charge in [0.2, 0.25) is 0 Å². The Morgan fingerprint density at radius 2 is 2.40 bits per heavy atom. The predicted molar refractivity (Wildman–Crippen MR) is 45.7 cm³/mol. The van der Waals surface area contributed by atoms with Gasteiger partial charge in [0.25, 0.3) is 0 Å². The van der Waals surface area contributed by atoms with E-state index in [9.17, 15) is 0 Å². The Balaban J connectivity index is 3.07. The molecule has 2 heteroatoms. The van der Waals surface area contributed by atoms with E-state index in [-0.39, 0.29) is 6.17 Å². The van der Waals surface area contributed by atoms with Crippen LogP contribution in [0.5, 0.6) is 0 Å². The summed E-state index contributed by atoms with van der Waals surface area (Å²) in [5, 5.41) is 3.13. The highest BCUT2D eigenvalue weighted by molar-refractivity contribution is 4.71. The maximum atomic E-state index is 5.69. The van der Waals surface area contributed by atoms with E-state index >= 15 is 0 Å². The molecular formula is C8H18N2. The molecule has 0 aromatic heterocycles. The van der Waals surface area contributed by atoms with E-state index in [2.05, 4.69) is 18.8 Å². The van der Waals surface area contributed by atoms with Crippen molar-refractivity contribution in [3.8, 4) is 0 Å². The number of hydrogen-bond donors (Lipinski definition) is 2. The third-order valence-electron chi connectivity index (χ3n) is 1.39. The van der Waals surface area contributed by atoms with Gasteiger partial charge in [0.15, 0.2) is 0 Å². The Hall–Kier alpha value is -0.340. The molecule has 0 heterocycles. The van der Waals surface area contributed by atoms with E-state index in [0.717, 1.165) is 13.0 Å². The van der Waals surface area contributed by atoms with E-state index in [0.29, 0.717) is 0 Å². The number of unbranched alkanes of at least 4 members (excludes halogenated alkanes) is 1. The minimum absolute atomic E-state index is 0.151. The van der Waals surface area contributed by atoms with Crippen molar-refractivity contribution in [2.45, 2.75) is 32.4 Å². The summed E-state index contributed by atoms with van der Waals surface area (Å²) in [6.45, 7) is 6.57. The third-order valence-corrected chi connectivity index (χ3v) is 1.39. The zero-order valence-electron chi connectivity index (χ0n) is 6.77. The number of hydrogen-bond acceptors (Lipinski definition) is 2. The molecule has 0 aliphatic heterocycles. The molecule has 0 saturated heterocycles. The van der Waals surface area contributed by atoms with Gasteiger partial charge >= 0.3 is 0 Å². The summed E-state index contributed by atoms with van der Waals surface area (Å²) in [6.07, 6.45) is 5.45. The van der Waals surface area contributed by atoms with Crippen LogP contribution < -0.4 is 11.1 Å². The highest BCUT2D eigenvalue weighted by atomic mass is 15.0. The van der Waals surface area contributed by atoms with Crippen LogP contribution in [0.3, 0.4) is 0 Å². The molecule has 0 saturated carbocycles. The first kappa shape index (κ1) is 9.66. The Morgan fingerprint density at radius 1 is 1.70 bits per heavy atom. The molecule has 60 valence electrons. The summed E-state index contributed by atoms with van der Waals surface area (Å²) in [6, 6.07) is 0. The highest BCUT2D eigenvalue weighted by Crippen LogP contribution is 1.94. The van der Waals surface area contributed by atoms with Gasteiger partial charge in [-0.3, -0.25) is 5.32 Å². The second kappa shape index (κ2) is 6.78. The van der Waals surface area contributed by atoms with Crippen molar-refractivity contribution < 1.29 is 0 Å². The molecule has 3 N–H and O–H groups in total. The van der Waals surface area contributed by atoms with Crippen molar-refractivity contribution >= 4 is 0 Å². The van der Waals surface area contributed by atoms with Crippen molar-refractivity contribution in [3.63, 3.8) is 0 Å². The Labute approximate surface area is 63.5 Å². The van der Waals surface area contributed by atoms with Crippen molar-refractivity contribution in [3.05, 3.63) is 12.7 Å². The molecule has 10 heavy (non-hydrogen) atoms. The molecule has 0 aromatic rings. The van der Waals surface area contributed by atoms with Gasteiger partial charge in [0, 0.05) is 6.54 Å². The Bertz CT molecular complexity index is 81.3. The van der Waals surface area contributed by atoms with E-state index in [1.54, 1.807) is 0 Å². The summed E-state index contributed by atoms with van der Waals surface area (Å²) in [7, 11) is 0. The normalized spacial score (nSPS) is 13.0. The second-order valence-electron chi connectivity index (χ2n) is 2.45. The van der Waals surface area contributed by atoms with Crippen LogP contribution in [0.15, 0.2) is 12.7 Å². The zero-order valence-corrected chi connectivity index (χ0v) is 6.77. The van der Waals surface area contributed by atoms with Crippen LogP contribution in [-0.2, 0) is 0 Å². The van der Waals surface area contributed by atoms with E-state index < -0.39 is 0 Å². The third kappa shape index (κ3) is 5.79. The van der Waals surface area contributed by atoms with Crippen molar-refractivity contribution in [1.82, 2.24) is 5.32 Å². The lowest BCUT2D eigenvalue weighted by molar-refractivity contribution is 0.500. The second-order valence-corrected chi connectivity index (χ2v) is 2.45. The van der Waals surface area contributed by atoms with E-state index in [1.165, 1.54) is 12.8 Å². The molecule has 0 aromatic carbocycles. The summed E-state index contributed by atoms with van der Waals surface area (Å²) in [4.78, 5) is 0. The monoisotopic (exact) mass is 142 g/mol. The average molecular weight is 142 g/mol. The SMILES string of the molecule is C=CCNC(N)CCCC. The maximum absolute atomic E-state index is 5.69. The van der Waals surface area contributed by atoms with E-state index in [4.69, 9.17) is 5.73 Å². The minimum atomic E-state index is 0.151. The van der Waals surface area contributed by atoms with Crippen LogP contribution >= 0.6 is 0 Å². The summed E-state index contributed by atoms with van der Waals surface area (Å²) >= 11 is 0. The van der Waals surface area contributed by atoms with Crippen LogP contribution in [0.1, 0.15) is 26.2 Å². The predicted octanol–water partition coefficient (Wildman–Crippen LogP) is 1.24. The molecule has 0 aliphatic rings. The van der Waals surface area contributed by atoms with Crippen LogP contribution in [0.25, 0.3) is 0 Å². The van der Waals surface area contributed by atoms with Crippen molar-refractivity contribution in [2.24, 2.45) is 5.73 Å². The Kier molecular flexibility index (Phi) is 6.55. The lowest BCUT2D eigenvalue weighted by Crippen LogP contribution is -2.37. The highest BCUT2D eigenvalue weighted by Gasteiger charge is 1.96. The fourth-order valence-electron chi connectivity index (χ4n) is 0.761. The first-order valence-electron chi connectivity index (χ1n) is 3.91. The van der Waals surface area contributed by atoms with Gasteiger partial charge in [-0.15, -0.1) is 6.58 Å². The average Bonchev–Trinajstić information content (AvgIpc) is 1.97. The fourth-order valence-corrected chi connectivity index (χ4v) is 0.761. The van der Waals surface area contributed by atoms with Gasteiger partial charge in [-0.05, 0) is 6.42 Å². The maximum Gasteiger partial charge on any atom is 0.0548 e. The number of nitrogens with one attached hydrogen (secondary N) is 1. The number of rotatable bonds is 6. The van der Waals surface area contributed by atoms with Gasteiger partial charge in [0.05, 0.1) is 6.17 Å². The first-order chi connectivity index (χ1) is 4.81. The molecule has 2 nitrogen and oxygen atoms in total.